The van der Waals surface area contributed by atoms with Crippen LogP contribution in [-0.2, 0) is 10.0 Å². The standard InChI is InChI=1S/C21H26BrN3O4S2/c1-4-12-29-19-11-6-15(22)13-18(19)20(26)24-21(30)23-16-7-9-17(10-8-16)31(27,28)25-14(3)5-2/h6-11,13-14,25H,4-5,12H2,1-3H3,(H2,23,24,26,30). The molecule has 1 unspecified atom stereocenters. The van der Waals surface area contributed by atoms with Crippen LogP contribution in [0, 0.1) is 0 Å². The first-order valence-electron chi connectivity index (χ1n) is 9.83. The fraction of sp³-hybridized carbons (Fsp3) is 0.333. The lowest BCUT2D eigenvalue weighted by Gasteiger charge is -2.14. The van der Waals surface area contributed by atoms with Crippen LogP contribution in [0.1, 0.15) is 44.0 Å². The van der Waals surface area contributed by atoms with E-state index in [1.807, 2.05) is 13.8 Å². The third-order valence-corrected chi connectivity index (χ3v) is 6.57. The SMILES string of the molecule is CCCOc1ccc(Br)cc1C(=O)NC(=S)Nc1ccc(S(=O)(=O)NC(C)CC)cc1. The van der Waals surface area contributed by atoms with Gasteiger partial charge in [0.15, 0.2) is 5.11 Å². The molecule has 0 heterocycles. The van der Waals surface area contributed by atoms with E-state index in [0.717, 1.165) is 10.9 Å². The highest BCUT2D eigenvalue weighted by molar-refractivity contribution is 9.10. The van der Waals surface area contributed by atoms with Gasteiger partial charge in [0.2, 0.25) is 10.0 Å². The fourth-order valence-corrected chi connectivity index (χ4v) is 4.38. The molecule has 2 aromatic carbocycles. The van der Waals surface area contributed by atoms with Gasteiger partial charge in [-0.2, -0.15) is 0 Å². The Kier molecular flexibility index (Phi) is 9.42. The molecule has 0 fully saturated rings. The van der Waals surface area contributed by atoms with Crippen molar-refractivity contribution in [2.24, 2.45) is 0 Å². The van der Waals surface area contributed by atoms with E-state index >= 15 is 0 Å². The van der Waals surface area contributed by atoms with E-state index in [2.05, 4.69) is 31.3 Å². The molecule has 168 valence electrons. The van der Waals surface area contributed by atoms with E-state index in [0.29, 0.717) is 30.0 Å². The molecule has 0 aliphatic carbocycles. The molecule has 0 aliphatic rings. The summed E-state index contributed by atoms with van der Waals surface area (Å²) in [5.41, 5.74) is 0.897. The molecule has 1 atom stereocenters. The second-order valence-corrected chi connectivity index (χ2v) is 9.89. The van der Waals surface area contributed by atoms with Crippen LogP contribution in [0.5, 0.6) is 5.75 Å². The number of benzene rings is 2. The van der Waals surface area contributed by atoms with Crippen molar-refractivity contribution in [3.63, 3.8) is 0 Å². The minimum atomic E-state index is -3.59. The lowest BCUT2D eigenvalue weighted by Crippen LogP contribution is -2.34. The fourth-order valence-electron chi connectivity index (χ4n) is 2.48. The summed E-state index contributed by atoms with van der Waals surface area (Å²) < 4.78 is 33.7. The number of sulfonamides is 1. The molecule has 7 nitrogen and oxygen atoms in total. The monoisotopic (exact) mass is 527 g/mol. The predicted octanol–water partition coefficient (Wildman–Crippen LogP) is 4.44. The van der Waals surface area contributed by atoms with Gasteiger partial charge in [-0.1, -0.05) is 29.8 Å². The normalized spacial score (nSPS) is 12.1. The Labute approximate surface area is 197 Å². The molecule has 0 bridgehead atoms. The quantitative estimate of drug-likeness (QED) is 0.417. The molecule has 2 rings (SSSR count). The van der Waals surface area contributed by atoms with Crippen LogP contribution < -0.4 is 20.1 Å². The zero-order valence-corrected chi connectivity index (χ0v) is 20.8. The van der Waals surface area contributed by atoms with E-state index in [4.69, 9.17) is 17.0 Å². The van der Waals surface area contributed by atoms with Crippen LogP contribution in [0.2, 0.25) is 0 Å². The number of ether oxygens (including phenoxy) is 1. The molecule has 0 saturated heterocycles. The van der Waals surface area contributed by atoms with Gasteiger partial charge in [0.1, 0.15) is 5.75 Å². The summed E-state index contributed by atoms with van der Waals surface area (Å²) in [6.45, 7) is 6.18. The largest absolute Gasteiger partial charge is 0.493 e. The number of hydrogen-bond acceptors (Lipinski definition) is 5. The maximum absolute atomic E-state index is 12.7. The Morgan fingerprint density at radius 3 is 2.45 bits per heavy atom. The summed E-state index contributed by atoms with van der Waals surface area (Å²) >= 11 is 8.59. The molecule has 0 spiro atoms. The second-order valence-electron chi connectivity index (χ2n) is 6.85. The van der Waals surface area contributed by atoms with Gasteiger partial charge in [-0.25, -0.2) is 13.1 Å². The molecular formula is C21H26BrN3O4S2. The van der Waals surface area contributed by atoms with Crippen molar-refractivity contribution < 1.29 is 17.9 Å². The topological polar surface area (TPSA) is 96.5 Å². The van der Waals surface area contributed by atoms with E-state index < -0.39 is 15.9 Å². The van der Waals surface area contributed by atoms with Gasteiger partial charge in [-0.15, -0.1) is 0 Å². The third kappa shape index (κ3) is 7.57. The molecule has 2 aromatic rings. The van der Waals surface area contributed by atoms with E-state index in [1.165, 1.54) is 12.1 Å². The number of hydrogen-bond donors (Lipinski definition) is 3. The van der Waals surface area contributed by atoms with Crippen LogP contribution >= 0.6 is 28.1 Å². The van der Waals surface area contributed by atoms with Gasteiger partial charge in [-0.05, 0) is 74.4 Å². The van der Waals surface area contributed by atoms with Crippen LogP contribution in [0.25, 0.3) is 0 Å². The smallest absolute Gasteiger partial charge is 0.261 e. The van der Waals surface area contributed by atoms with Crippen molar-refractivity contribution in [3.8, 4) is 5.75 Å². The van der Waals surface area contributed by atoms with Crippen LogP contribution in [0.3, 0.4) is 0 Å². The van der Waals surface area contributed by atoms with Crippen molar-refractivity contribution in [1.29, 1.82) is 0 Å². The molecule has 31 heavy (non-hydrogen) atoms. The van der Waals surface area contributed by atoms with E-state index in [-0.39, 0.29) is 16.0 Å². The highest BCUT2D eigenvalue weighted by atomic mass is 79.9. The van der Waals surface area contributed by atoms with Gasteiger partial charge in [0, 0.05) is 16.2 Å². The number of rotatable bonds is 9. The second kappa shape index (κ2) is 11.6. The number of carbonyl (C=O) groups is 1. The van der Waals surface area contributed by atoms with Crippen molar-refractivity contribution in [3.05, 3.63) is 52.5 Å². The molecular weight excluding hydrogens is 502 g/mol. The van der Waals surface area contributed by atoms with Gasteiger partial charge < -0.3 is 10.1 Å². The zero-order valence-electron chi connectivity index (χ0n) is 17.6. The average molecular weight is 528 g/mol. The van der Waals surface area contributed by atoms with E-state index in [9.17, 15) is 13.2 Å². The summed E-state index contributed by atoms with van der Waals surface area (Å²) in [4.78, 5) is 12.8. The van der Waals surface area contributed by atoms with Crippen molar-refractivity contribution in [2.45, 2.75) is 44.6 Å². The Morgan fingerprint density at radius 1 is 1.16 bits per heavy atom. The van der Waals surface area contributed by atoms with Crippen LogP contribution in [0.15, 0.2) is 51.8 Å². The first-order chi connectivity index (χ1) is 14.7. The summed E-state index contributed by atoms with van der Waals surface area (Å²) in [5, 5.41) is 5.58. The number of anilines is 1. The van der Waals surface area contributed by atoms with E-state index in [1.54, 1.807) is 37.3 Å². The number of amides is 1. The maximum Gasteiger partial charge on any atom is 0.261 e. The lowest BCUT2D eigenvalue weighted by atomic mass is 10.2. The Morgan fingerprint density at radius 2 is 1.84 bits per heavy atom. The number of halogens is 1. The van der Waals surface area contributed by atoms with Gasteiger partial charge in [-0.3, -0.25) is 10.1 Å². The first kappa shape index (κ1) is 25.3. The van der Waals surface area contributed by atoms with Crippen molar-refractivity contribution in [2.75, 3.05) is 11.9 Å². The number of nitrogens with one attached hydrogen (secondary N) is 3. The van der Waals surface area contributed by atoms with Gasteiger partial charge in [0.25, 0.3) is 5.91 Å². The summed E-state index contributed by atoms with van der Waals surface area (Å²) in [7, 11) is -3.59. The number of thiocarbonyl (C=S) groups is 1. The highest BCUT2D eigenvalue weighted by Crippen LogP contribution is 2.23. The molecule has 0 aromatic heterocycles. The molecule has 10 heteroatoms. The third-order valence-electron chi connectivity index (χ3n) is 4.27. The summed E-state index contributed by atoms with van der Waals surface area (Å²) in [6.07, 6.45) is 1.51. The van der Waals surface area contributed by atoms with Gasteiger partial charge in [0.05, 0.1) is 17.1 Å². The molecule has 0 aliphatic heterocycles. The number of carbonyl (C=O) groups excluding carboxylic acids is 1. The minimum absolute atomic E-state index is 0.0831. The lowest BCUT2D eigenvalue weighted by molar-refractivity contribution is 0.0973. The maximum atomic E-state index is 12.7. The summed E-state index contributed by atoms with van der Waals surface area (Å²) in [6, 6.07) is 11.1. The molecule has 3 N–H and O–H groups in total. The molecule has 0 radical (unpaired) electrons. The first-order valence-corrected chi connectivity index (χ1v) is 12.5. The minimum Gasteiger partial charge on any atom is -0.493 e. The average Bonchev–Trinajstić information content (AvgIpc) is 2.72. The Balaban J connectivity index is 2.05. The zero-order chi connectivity index (χ0) is 23.0. The molecule has 1 amide bonds. The van der Waals surface area contributed by atoms with Gasteiger partial charge >= 0.3 is 0 Å². The van der Waals surface area contributed by atoms with Crippen molar-refractivity contribution in [1.82, 2.24) is 10.0 Å². The molecule has 0 saturated carbocycles. The Bertz CT molecular complexity index is 1030. The predicted molar refractivity (Wildman–Crippen MR) is 130 cm³/mol. The highest BCUT2D eigenvalue weighted by Gasteiger charge is 2.17. The summed E-state index contributed by atoms with van der Waals surface area (Å²) in [5.74, 6) is 0.0515. The Hall–Kier alpha value is -2.01. The van der Waals surface area contributed by atoms with Crippen molar-refractivity contribution >= 4 is 54.9 Å². The van der Waals surface area contributed by atoms with Crippen LogP contribution in [0.4, 0.5) is 5.69 Å². The van der Waals surface area contributed by atoms with Crippen LogP contribution in [-0.4, -0.2) is 32.1 Å².